The summed E-state index contributed by atoms with van der Waals surface area (Å²) in [6, 6.07) is 17.6. The van der Waals surface area contributed by atoms with Crippen molar-refractivity contribution in [3.63, 3.8) is 0 Å². The second-order valence-corrected chi connectivity index (χ2v) is 8.95. The molecular formula is C25H33IN4O2. The molecule has 3 aliphatic rings. The van der Waals surface area contributed by atoms with Gasteiger partial charge in [-0.1, -0.05) is 36.4 Å². The molecule has 5 rings (SSSR count). The molecule has 2 N–H and O–H groups in total. The zero-order valence-electron chi connectivity index (χ0n) is 18.7. The number of halogens is 1. The number of aliphatic imine (C=N–C) groups is 1. The van der Waals surface area contributed by atoms with Crippen LogP contribution in [0.4, 0.5) is 0 Å². The second kappa shape index (κ2) is 10.3. The van der Waals surface area contributed by atoms with Crippen molar-refractivity contribution in [3.8, 4) is 11.5 Å². The summed E-state index contributed by atoms with van der Waals surface area (Å²) in [7, 11) is 1.86. The highest BCUT2D eigenvalue weighted by Crippen LogP contribution is 2.49. The Morgan fingerprint density at radius 1 is 1.06 bits per heavy atom. The molecule has 2 heterocycles. The first-order valence-electron chi connectivity index (χ1n) is 11.4. The zero-order chi connectivity index (χ0) is 21.1. The van der Waals surface area contributed by atoms with Gasteiger partial charge in [0.1, 0.15) is 0 Å². The number of hydrogen-bond acceptors (Lipinski definition) is 4. The minimum atomic E-state index is 0. The molecule has 1 saturated carbocycles. The molecule has 2 aromatic rings. The maximum atomic E-state index is 5.57. The number of nitrogens with zero attached hydrogens (tertiary/aromatic N) is 2. The Morgan fingerprint density at radius 2 is 1.81 bits per heavy atom. The van der Waals surface area contributed by atoms with Gasteiger partial charge in [0.15, 0.2) is 17.5 Å². The Bertz CT molecular complexity index is 925. The van der Waals surface area contributed by atoms with E-state index in [9.17, 15) is 0 Å². The summed E-state index contributed by atoms with van der Waals surface area (Å²) in [4.78, 5) is 7.03. The van der Waals surface area contributed by atoms with E-state index in [1.165, 1.54) is 24.0 Å². The largest absolute Gasteiger partial charge is 0.454 e. The Hall–Kier alpha value is -2.00. The highest BCUT2D eigenvalue weighted by Gasteiger charge is 2.45. The van der Waals surface area contributed by atoms with Gasteiger partial charge in [-0.25, -0.2) is 0 Å². The van der Waals surface area contributed by atoms with Crippen LogP contribution < -0.4 is 20.1 Å². The third-order valence-electron chi connectivity index (χ3n) is 6.83. The fourth-order valence-electron chi connectivity index (χ4n) is 4.66. The minimum Gasteiger partial charge on any atom is -0.454 e. The van der Waals surface area contributed by atoms with Gasteiger partial charge in [-0.15, -0.1) is 24.0 Å². The zero-order valence-corrected chi connectivity index (χ0v) is 21.0. The molecular weight excluding hydrogens is 515 g/mol. The van der Waals surface area contributed by atoms with E-state index in [4.69, 9.17) is 9.47 Å². The molecule has 32 heavy (non-hydrogen) atoms. The van der Waals surface area contributed by atoms with Crippen molar-refractivity contribution in [3.05, 3.63) is 59.7 Å². The van der Waals surface area contributed by atoms with Gasteiger partial charge in [-0.3, -0.25) is 9.89 Å². The van der Waals surface area contributed by atoms with Crippen molar-refractivity contribution in [2.24, 2.45) is 4.99 Å². The monoisotopic (exact) mass is 548 g/mol. The number of benzene rings is 2. The molecule has 6 nitrogen and oxygen atoms in total. The third-order valence-corrected chi connectivity index (χ3v) is 6.83. The van der Waals surface area contributed by atoms with Crippen molar-refractivity contribution in [1.82, 2.24) is 15.5 Å². The predicted molar refractivity (Wildman–Crippen MR) is 138 cm³/mol. The molecule has 0 amide bonds. The SMILES string of the molecule is CN=C(NCC1(c2ccc3c(c2)OCO3)CC1)NC1CCN(Cc2ccccc2)CC1.I. The molecule has 2 aliphatic heterocycles. The summed E-state index contributed by atoms with van der Waals surface area (Å²) in [6.07, 6.45) is 4.66. The first-order valence-corrected chi connectivity index (χ1v) is 11.4. The average Bonchev–Trinajstić information content (AvgIpc) is 3.46. The standard InChI is InChI=1S/C25H32N4O2.HI/c1-26-24(28-21-9-13-29(14-10-21)16-19-5-3-2-4-6-19)27-17-25(11-12-25)20-7-8-22-23(15-20)31-18-30-22;/h2-8,15,21H,9-14,16-18H2,1H3,(H2,26,27,28);1H. The van der Waals surface area contributed by atoms with Crippen LogP contribution in [0.1, 0.15) is 36.8 Å². The van der Waals surface area contributed by atoms with Gasteiger partial charge in [0.2, 0.25) is 6.79 Å². The van der Waals surface area contributed by atoms with Crippen LogP contribution >= 0.6 is 24.0 Å². The number of nitrogens with one attached hydrogen (secondary N) is 2. The molecule has 2 fully saturated rings. The number of likely N-dealkylation sites (tertiary alicyclic amines) is 1. The van der Waals surface area contributed by atoms with Gasteiger partial charge in [0.25, 0.3) is 0 Å². The summed E-state index contributed by atoms with van der Waals surface area (Å²) in [6.45, 7) is 4.48. The van der Waals surface area contributed by atoms with Crippen LogP contribution in [0.5, 0.6) is 11.5 Å². The van der Waals surface area contributed by atoms with E-state index >= 15 is 0 Å². The predicted octanol–water partition coefficient (Wildman–Crippen LogP) is 3.89. The van der Waals surface area contributed by atoms with E-state index in [2.05, 4.69) is 63.0 Å². The van der Waals surface area contributed by atoms with Crippen LogP contribution in [0, 0.1) is 0 Å². The van der Waals surface area contributed by atoms with E-state index in [1.807, 2.05) is 13.1 Å². The maximum Gasteiger partial charge on any atom is 0.231 e. The molecule has 7 heteroatoms. The Kier molecular flexibility index (Phi) is 7.45. The first kappa shape index (κ1) is 23.2. The molecule has 0 radical (unpaired) electrons. The highest BCUT2D eigenvalue weighted by atomic mass is 127. The highest BCUT2D eigenvalue weighted by molar-refractivity contribution is 14.0. The second-order valence-electron chi connectivity index (χ2n) is 8.95. The summed E-state index contributed by atoms with van der Waals surface area (Å²) >= 11 is 0. The normalized spacial score (nSPS) is 19.8. The number of rotatable bonds is 6. The summed E-state index contributed by atoms with van der Waals surface area (Å²) in [5.41, 5.74) is 2.90. The molecule has 0 spiro atoms. The fraction of sp³-hybridized carbons (Fsp3) is 0.480. The van der Waals surface area contributed by atoms with Crippen molar-refractivity contribution in [2.75, 3.05) is 33.5 Å². The summed E-state index contributed by atoms with van der Waals surface area (Å²) in [5, 5.41) is 7.24. The number of hydrogen-bond donors (Lipinski definition) is 2. The lowest BCUT2D eigenvalue weighted by molar-refractivity contribution is 0.174. The Labute approximate surface area is 207 Å². The van der Waals surface area contributed by atoms with E-state index in [0.29, 0.717) is 12.8 Å². The molecule has 0 unspecified atom stereocenters. The van der Waals surface area contributed by atoms with Gasteiger partial charge in [-0.05, 0) is 48.9 Å². The summed E-state index contributed by atoms with van der Waals surface area (Å²) in [5.74, 6) is 2.63. The lowest BCUT2D eigenvalue weighted by Gasteiger charge is -2.33. The van der Waals surface area contributed by atoms with E-state index in [-0.39, 0.29) is 29.4 Å². The Morgan fingerprint density at radius 3 is 2.53 bits per heavy atom. The number of guanidine groups is 1. The van der Waals surface area contributed by atoms with Crippen molar-refractivity contribution < 1.29 is 9.47 Å². The van der Waals surface area contributed by atoms with Crippen molar-refractivity contribution >= 4 is 29.9 Å². The van der Waals surface area contributed by atoms with Crippen LogP contribution in [0.15, 0.2) is 53.5 Å². The molecule has 0 atom stereocenters. The van der Waals surface area contributed by atoms with Gasteiger partial charge in [0.05, 0.1) is 0 Å². The maximum absolute atomic E-state index is 5.57. The number of ether oxygens (including phenoxy) is 2. The van der Waals surface area contributed by atoms with Crippen LogP contribution in [0.25, 0.3) is 0 Å². The van der Waals surface area contributed by atoms with Crippen LogP contribution in [-0.4, -0.2) is 50.4 Å². The van der Waals surface area contributed by atoms with Crippen molar-refractivity contribution in [2.45, 2.75) is 43.7 Å². The van der Waals surface area contributed by atoms with Gasteiger partial charge in [0, 0.05) is 44.7 Å². The molecule has 1 aliphatic carbocycles. The van der Waals surface area contributed by atoms with Crippen LogP contribution in [0.3, 0.4) is 0 Å². The van der Waals surface area contributed by atoms with Gasteiger partial charge in [-0.2, -0.15) is 0 Å². The quantitative estimate of drug-likeness (QED) is 0.326. The van der Waals surface area contributed by atoms with E-state index < -0.39 is 0 Å². The first-order chi connectivity index (χ1) is 15.2. The molecule has 0 bridgehead atoms. The molecule has 0 aromatic heterocycles. The third kappa shape index (κ3) is 5.31. The van der Waals surface area contributed by atoms with E-state index in [0.717, 1.165) is 56.5 Å². The average molecular weight is 548 g/mol. The smallest absolute Gasteiger partial charge is 0.231 e. The topological polar surface area (TPSA) is 58.1 Å². The summed E-state index contributed by atoms with van der Waals surface area (Å²) < 4.78 is 11.0. The molecule has 172 valence electrons. The molecule has 1 saturated heterocycles. The van der Waals surface area contributed by atoms with Crippen LogP contribution in [-0.2, 0) is 12.0 Å². The van der Waals surface area contributed by atoms with Crippen LogP contribution in [0.2, 0.25) is 0 Å². The molecule has 2 aromatic carbocycles. The fourth-order valence-corrected chi connectivity index (χ4v) is 4.66. The van der Waals surface area contributed by atoms with Crippen molar-refractivity contribution in [1.29, 1.82) is 0 Å². The lowest BCUT2D eigenvalue weighted by Crippen LogP contribution is -2.49. The van der Waals surface area contributed by atoms with E-state index in [1.54, 1.807) is 0 Å². The van der Waals surface area contributed by atoms with Gasteiger partial charge < -0.3 is 20.1 Å². The minimum absolute atomic E-state index is 0. The number of piperidine rings is 1. The van der Waals surface area contributed by atoms with Gasteiger partial charge >= 0.3 is 0 Å². The Balaban J connectivity index is 0.00000245. The lowest BCUT2D eigenvalue weighted by atomic mass is 9.95. The number of fused-ring (bicyclic) bond motifs is 1.